The summed E-state index contributed by atoms with van der Waals surface area (Å²) in [5.41, 5.74) is 0. The summed E-state index contributed by atoms with van der Waals surface area (Å²) in [7, 11) is 0. The largest absolute Gasteiger partial charge is 0.462 e. The molecule has 0 N–H and O–H groups in total. The number of carbonyl (C=O) groups is 3. The Morgan fingerprint density at radius 3 is 0.770 bits per heavy atom. The lowest BCUT2D eigenvalue weighted by molar-refractivity contribution is -0.167. The van der Waals surface area contributed by atoms with Crippen LogP contribution >= 0.6 is 0 Å². The molecule has 0 radical (unpaired) electrons. The molecule has 1 atom stereocenters. The Hall–Kier alpha value is -2.63. The summed E-state index contributed by atoms with van der Waals surface area (Å²) in [6.45, 7) is 6.66. The highest BCUT2D eigenvalue weighted by molar-refractivity contribution is 5.71. The lowest BCUT2D eigenvalue weighted by Crippen LogP contribution is -2.30. The number of ether oxygens (including phenoxy) is 3. The Kier molecular flexibility index (Phi) is 60.7. The second kappa shape index (κ2) is 62.9. The maximum Gasteiger partial charge on any atom is 0.306 e. The molecule has 0 fully saturated rings. The minimum Gasteiger partial charge on any atom is -0.462 e. The fourth-order valence-corrected chi connectivity index (χ4v) is 9.62. The van der Waals surface area contributed by atoms with Gasteiger partial charge in [0.25, 0.3) is 0 Å². The molecule has 1 unspecified atom stereocenters. The second-order valence-corrected chi connectivity index (χ2v) is 22.0. The van der Waals surface area contributed by atoms with E-state index in [2.05, 4.69) is 69.4 Å². The van der Waals surface area contributed by atoms with Crippen molar-refractivity contribution in [1.82, 2.24) is 0 Å². The summed E-state index contributed by atoms with van der Waals surface area (Å²) in [4.78, 5) is 38.4. The molecule has 6 nitrogen and oxygen atoms in total. The molecule has 0 aromatic carbocycles. The van der Waals surface area contributed by atoms with Crippen molar-refractivity contribution < 1.29 is 28.6 Å². The number of allylic oxidation sites excluding steroid dienone is 8. The first kappa shape index (κ1) is 71.4. The Morgan fingerprint density at radius 2 is 0.486 bits per heavy atom. The lowest BCUT2D eigenvalue weighted by Gasteiger charge is -2.18. The molecule has 0 aliphatic carbocycles. The van der Waals surface area contributed by atoms with Crippen LogP contribution in [-0.2, 0) is 28.6 Å². The minimum absolute atomic E-state index is 0.0722. The van der Waals surface area contributed by atoms with E-state index in [1.807, 2.05) is 0 Å². The first-order valence-corrected chi connectivity index (χ1v) is 32.6. The van der Waals surface area contributed by atoms with Crippen LogP contribution in [0.15, 0.2) is 48.6 Å². The number of esters is 3. The number of carbonyl (C=O) groups excluding carboxylic acids is 3. The smallest absolute Gasteiger partial charge is 0.306 e. The second-order valence-electron chi connectivity index (χ2n) is 22.0. The summed E-state index contributed by atoms with van der Waals surface area (Å²) in [6, 6.07) is 0. The van der Waals surface area contributed by atoms with Crippen molar-refractivity contribution in [3.63, 3.8) is 0 Å². The van der Waals surface area contributed by atoms with Crippen molar-refractivity contribution in [3.05, 3.63) is 48.6 Å². The highest BCUT2D eigenvalue weighted by atomic mass is 16.6. The van der Waals surface area contributed by atoms with Gasteiger partial charge in [-0.1, -0.05) is 294 Å². The van der Waals surface area contributed by atoms with Gasteiger partial charge in [-0.25, -0.2) is 0 Å². The van der Waals surface area contributed by atoms with Crippen LogP contribution in [0.3, 0.4) is 0 Å². The van der Waals surface area contributed by atoms with Crippen LogP contribution in [0.4, 0.5) is 0 Å². The van der Waals surface area contributed by atoms with Gasteiger partial charge in [0.05, 0.1) is 0 Å². The number of hydrogen-bond acceptors (Lipinski definition) is 6. The zero-order chi connectivity index (χ0) is 53.6. The van der Waals surface area contributed by atoms with Gasteiger partial charge in [0.15, 0.2) is 6.10 Å². The predicted molar refractivity (Wildman–Crippen MR) is 321 cm³/mol. The van der Waals surface area contributed by atoms with Gasteiger partial charge in [0.1, 0.15) is 13.2 Å². The number of unbranched alkanes of at least 4 members (excludes halogenated alkanes) is 41. The quantitative estimate of drug-likeness (QED) is 0.0261. The van der Waals surface area contributed by atoms with Gasteiger partial charge in [-0.15, -0.1) is 0 Å². The highest BCUT2D eigenvalue weighted by Crippen LogP contribution is 2.17. The van der Waals surface area contributed by atoms with Gasteiger partial charge in [-0.3, -0.25) is 14.4 Å². The van der Waals surface area contributed by atoms with Gasteiger partial charge in [-0.2, -0.15) is 0 Å². The van der Waals surface area contributed by atoms with Crippen LogP contribution in [0.25, 0.3) is 0 Å². The van der Waals surface area contributed by atoms with E-state index in [-0.39, 0.29) is 31.1 Å². The van der Waals surface area contributed by atoms with Gasteiger partial charge in [0, 0.05) is 19.3 Å². The molecule has 0 rings (SSSR count). The molecule has 432 valence electrons. The molecule has 6 heteroatoms. The monoisotopic (exact) mass is 1040 g/mol. The maximum atomic E-state index is 12.9. The van der Waals surface area contributed by atoms with Crippen LogP contribution in [0.2, 0.25) is 0 Å². The standard InChI is InChI=1S/C68H124O6/c1-4-7-10-13-16-19-22-25-28-31-33-34-36-37-40-43-46-49-52-55-58-61-67(70)73-64-65(63-72-66(69)60-57-54-51-48-45-42-39-30-27-24-21-18-15-12-9-6-3)74-68(71)62-59-56-53-50-47-44-41-38-35-32-29-26-23-20-17-14-11-8-5-2/h17,20,22,25-26,29,31,33,65H,4-16,18-19,21,23-24,27-28,30,32,34-64H2,1-3H3/b20-17-,25-22-,29-26-,33-31-. The third-order valence-electron chi connectivity index (χ3n) is 14.6. The van der Waals surface area contributed by atoms with E-state index in [0.29, 0.717) is 19.3 Å². The molecule has 0 amide bonds. The van der Waals surface area contributed by atoms with Crippen molar-refractivity contribution in [3.8, 4) is 0 Å². The van der Waals surface area contributed by atoms with Crippen molar-refractivity contribution in [1.29, 1.82) is 0 Å². The van der Waals surface area contributed by atoms with Crippen LogP contribution in [0.5, 0.6) is 0 Å². The lowest BCUT2D eigenvalue weighted by atomic mass is 10.0. The normalized spacial score (nSPS) is 12.3. The third kappa shape index (κ3) is 60.2. The molecule has 0 aromatic heterocycles. The van der Waals surface area contributed by atoms with E-state index in [0.717, 1.165) is 70.6 Å². The summed E-state index contributed by atoms with van der Waals surface area (Å²) in [5, 5.41) is 0. The number of hydrogen-bond donors (Lipinski definition) is 0. The van der Waals surface area contributed by atoms with Crippen molar-refractivity contribution in [2.45, 2.75) is 354 Å². The molecule has 0 aliphatic rings. The summed E-state index contributed by atoms with van der Waals surface area (Å²) in [5.74, 6) is -0.858. The van der Waals surface area contributed by atoms with Gasteiger partial charge >= 0.3 is 17.9 Å². The summed E-state index contributed by atoms with van der Waals surface area (Å²) in [6.07, 6.45) is 78.2. The average molecular weight is 1040 g/mol. The van der Waals surface area contributed by atoms with E-state index in [4.69, 9.17) is 14.2 Å². The maximum absolute atomic E-state index is 12.9. The highest BCUT2D eigenvalue weighted by Gasteiger charge is 2.19. The summed E-state index contributed by atoms with van der Waals surface area (Å²) < 4.78 is 17.0. The Balaban J connectivity index is 4.34. The average Bonchev–Trinajstić information content (AvgIpc) is 3.40. The van der Waals surface area contributed by atoms with E-state index >= 15 is 0 Å². The van der Waals surface area contributed by atoms with Crippen LogP contribution in [0, 0.1) is 0 Å². The number of rotatable bonds is 60. The Bertz CT molecular complexity index is 1280. The van der Waals surface area contributed by atoms with Crippen molar-refractivity contribution in [2.75, 3.05) is 13.2 Å². The first-order valence-electron chi connectivity index (χ1n) is 32.6. The first-order chi connectivity index (χ1) is 36.5. The molecular weight excluding hydrogens is 913 g/mol. The zero-order valence-electron chi connectivity index (χ0n) is 49.6. The molecule has 0 aliphatic heterocycles. The molecular formula is C68H124O6. The Morgan fingerprint density at radius 1 is 0.270 bits per heavy atom. The van der Waals surface area contributed by atoms with Crippen molar-refractivity contribution >= 4 is 17.9 Å². The molecule has 0 spiro atoms. The predicted octanol–water partition coefficient (Wildman–Crippen LogP) is 22.2. The fraction of sp³-hybridized carbons (Fsp3) is 0.838. The fourth-order valence-electron chi connectivity index (χ4n) is 9.62. The minimum atomic E-state index is -0.776. The van der Waals surface area contributed by atoms with E-state index in [9.17, 15) is 14.4 Å². The SMILES string of the molecule is CCCCC/C=C\C/C=C\CCCCCCCCCCCC(=O)OC(COC(=O)CCCCCCCCCCC/C=C\C/C=C\CCCCCCC)COC(=O)CCCCCCCCCCCCCCCCCC. The van der Waals surface area contributed by atoms with Crippen molar-refractivity contribution in [2.24, 2.45) is 0 Å². The van der Waals surface area contributed by atoms with Gasteiger partial charge in [0.2, 0.25) is 0 Å². The van der Waals surface area contributed by atoms with Gasteiger partial charge < -0.3 is 14.2 Å². The molecule has 0 aromatic rings. The molecule has 74 heavy (non-hydrogen) atoms. The van der Waals surface area contributed by atoms with E-state index < -0.39 is 6.10 Å². The van der Waals surface area contributed by atoms with E-state index in [1.54, 1.807) is 0 Å². The van der Waals surface area contributed by atoms with Crippen LogP contribution in [0.1, 0.15) is 348 Å². The van der Waals surface area contributed by atoms with Crippen LogP contribution < -0.4 is 0 Å². The molecule has 0 saturated carbocycles. The third-order valence-corrected chi connectivity index (χ3v) is 14.6. The summed E-state index contributed by atoms with van der Waals surface area (Å²) >= 11 is 0. The molecule has 0 bridgehead atoms. The zero-order valence-corrected chi connectivity index (χ0v) is 49.6. The topological polar surface area (TPSA) is 78.9 Å². The Labute approximate surface area is 460 Å². The van der Waals surface area contributed by atoms with Crippen LogP contribution in [-0.4, -0.2) is 37.2 Å². The van der Waals surface area contributed by atoms with Gasteiger partial charge in [-0.05, 0) is 83.5 Å². The molecule has 0 saturated heterocycles. The van der Waals surface area contributed by atoms with E-state index in [1.165, 1.54) is 238 Å². The molecule has 0 heterocycles.